The minimum absolute atomic E-state index is 0.447. The Balaban J connectivity index is 3.11. The van der Waals surface area contributed by atoms with Gasteiger partial charge in [0.25, 0.3) is 0 Å². The molecule has 1 heterocycles. The lowest BCUT2D eigenvalue weighted by Crippen LogP contribution is -2.24. The number of nitrogens with one attached hydrogen (secondary N) is 1. The summed E-state index contributed by atoms with van der Waals surface area (Å²) in [6.45, 7) is 13.0. The molecule has 0 atom stereocenters. The summed E-state index contributed by atoms with van der Waals surface area (Å²) in [5.41, 5.74) is 2.44. The molecule has 1 aromatic heterocycles. The molecule has 3 heteroatoms. The molecular weight excluding hydrogens is 222 g/mol. The maximum Gasteiger partial charge on any atom is 0.129 e. The number of hydrogen-bond donors (Lipinski definition) is 1. The minimum atomic E-state index is 0.447. The van der Waals surface area contributed by atoms with Crippen molar-refractivity contribution in [1.29, 1.82) is 0 Å². The molecule has 0 saturated carbocycles. The van der Waals surface area contributed by atoms with Crippen molar-refractivity contribution in [3.63, 3.8) is 0 Å². The summed E-state index contributed by atoms with van der Waals surface area (Å²) in [6.07, 6.45) is 1.92. The Morgan fingerprint density at radius 2 is 2.17 bits per heavy atom. The van der Waals surface area contributed by atoms with E-state index < -0.39 is 0 Å². The molecule has 0 bridgehead atoms. The highest BCUT2D eigenvalue weighted by Gasteiger charge is 2.10. The molecule has 0 aromatic carbocycles. The van der Waals surface area contributed by atoms with Crippen LogP contribution in [0.5, 0.6) is 0 Å². The number of likely N-dealkylation sites (N-methyl/N-ethyl adjacent to an activating group) is 1. The number of rotatable bonds is 7. The van der Waals surface area contributed by atoms with E-state index in [1.165, 1.54) is 5.56 Å². The van der Waals surface area contributed by atoms with Gasteiger partial charge in [0.2, 0.25) is 0 Å². The van der Waals surface area contributed by atoms with Gasteiger partial charge in [-0.15, -0.1) is 6.58 Å². The molecular formula is C15H25N3. The number of aromatic nitrogens is 1. The van der Waals surface area contributed by atoms with E-state index in [2.05, 4.69) is 49.7 Å². The van der Waals surface area contributed by atoms with Crippen molar-refractivity contribution in [2.24, 2.45) is 0 Å². The van der Waals surface area contributed by atoms with Crippen LogP contribution >= 0.6 is 0 Å². The Morgan fingerprint density at radius 3 is 2.67 bits per heavy atom. The standard InChI is InChI=1S/C15H25N3/c1-6-8-18(7-2)15-10-13(11-16-5)9-14(17-15)12(3)4/h6,9-10,12,16H,1,7-8,11H2,2-5H3. The molecule has 1 aromatic rings. The van der Waals surface area contributed by atoms with Gasteiger partial charge in [-0.2, -0.15) is 0 Å². The van der Waals surface area contributed by atoms with Crippen LogP contribution in [0, 0.1) is 0 Å². The first-order valence-corrected chi connectivity index (χ1v) is 6.63. The average molecular weight is 247 g/mol. The average Bonchev–Trinajstić information content (AvgIpc) is 2.35. The first-order valence-electron chi connectivity index (χ1n) is 6.63. The van der Waals surface area contributed by atoms with Gasteiger partial charge in [-0.3, -0.25) is 0 Å². The van der Waals surface area contributed by atoms with E-state index in [4.69, 9.17) is 4.98 Å². The fourth-order valence-electron chi connectivity index (χ4n) is 1.90. The van der Waals surface area contributed by atoms with Crippen molar-refractivity contribution >= 4 is 5.82 Å². The fraction of sp³-hybridized carbons (Fsp3) is 0.533. The lowest BCUT2D eigenvalue weighted by atomic mass is 10.1. The zero-order valence-corrected chi connectivity index (χ0v) is 12.0. The summed E-state index contributed by atoms with van der Waals surface area (Å²) < 4.78 is 0. The zero-order valence-electron chi connectivity index (χ0n) is 12.0. The lowest BCUT2D eigenvalue weighted by Gasteiger charge is -2.22. The van der Waals surface area contributed by atoms with Gasteiger partial charge in [0.15, 0.2) is 0 Å². The summed E-state index contributed by atoms with van der Waals surface area (Å²) >= 11 is 0. The molecule has 0 aliphatic rings. The SMILES string of the molecule is C=CCN(CC)c1cc(CNC)cc(C(C)C)n1. The predicted octanol–water partition coefficient (Wildman–Crippen LogP) is 2.94. The van der Waals surface area contributed by atoms with Crippen LogP contribution in [0.4, 0.5) is 5.82 Å². The van der Waals surface area contributed by atoms with Crippen LogP contribution in [0.1, 0.15) is 37.9 Å². The summed E-state index contributed by atoms with van der Waals surface area (Å²) in [5.74, 6) is 1.50. The first-order chi connectivity index (χ1) is 8.62. The Bertz CT molecular complexity index is 385. The molecule has 3 nitrogen and oxygen atoms in total. The van der Waals surface area contributed by atoms with Crippen LogP contribution < -0.4 is 10.2 Å². The molecule has 1 N–H and O–H groups in total. The normalized spacial score (nSPS) is 10.7. The van der Waals surface area contributed by atoms with Crippen molar-refractivity contribution in [1.82, 2.24) is 10.3 Å². The quantitative estimate of drug-likeness (QED) is 0.751. The van der Waals surface area contributed by atoms with Crippen LogP contribution in [-0.4, -0.2) is 25.1 Å². The van der Waals surface area contributed by atoms with Crippen LogP contribution in [0.3, 0.4) is 0 Å². The van der Waals surface area contributed by atoms with E-state index >= 15 is 0 Å². The van der Waals surface area contributed by atoms with Crippen molar-refractivity contribution in [3.8, 4) is 0 Å². The van der Waals surface area contributed by atoms with Gasteiger partial charge < -0.3 is 10.2 Å². The Kier molecular flexibility index (Phi) is 5.86. The second kappa shape index (κ2) is 7.17. The van der Waals surface area contributed by atoms with Crippen LogP contribution in [0.2, 0.25) is 0 Å². The highest BCUT2D eigenvalue weighted by atomic mass is 15.2. The van der Waals surface area contributed by atoms with Crippen molar-refractivity contribution in [3.05, 3.63) is 36.0 Å². The summed E-state index contributed by atoms with van der Waals surface area (Å²) in [6, 6.07) is 4.35. The molecule has 0 unspecified atom stereocenters. The highest BCUT2D eigenvalue weighted by molar-refractivity contribution is 5.43. The van der Waals surface area contributed by atoms with E-state index in [0.717, 1.165) is 31.1 Å². The first kappa shape index (κ1) is 14.7. The van der Waals surface area contributed by atoms with Gasteiger partial charge in [0.1, 0.15) is 5.82 Å². The molecule has 0 saturated heterocycles. The Labute approximate surface area is 111 Å². The molecule has 100 valence electrons. The van der Waals surface area contributed by atoms with Gasteiger partial charge in [-0.1, -0.05) is 19.9 Å². The topological polar surface area (TPSA) is 28.2 Å². The van der Waals surface area contributed by atoms with Gasteiger partial charge in [0, 0.05) is 25.3 Å². The number of nitrogens with zero attached hydrogens (tertiary/aromatic N) is 2. The minimum Gasteiger partial charge on any atom is -0.353 e. The van der Waals surface area contributed by atoms with E-state index in [-0.39, 0.29) is 0 Å². The maximum atomic E-state index is 4.76. The van der Waals surface area contributed by atoms with Crippen LogP contribution in [0.25, 0.3) is 0 Å². The number of pyridine rings is 1. The second-order valence-electron chi connectivity index (χ2n) is 4.77. The highest BCUT2D eigenvalue weighted by Crippen LogP contribution is 2.20. The van der Waals surface area contributed by atoms with E-state index in [1.807, 2.05) is 13.1 Å². The molecule has 0 amide bonds. The monoisotopic (exact) mass is 247 g/mol. The Morgan fingerprint density at radius 1 is 1.44 bits per heavy atom. The van der Waals surface area contributed by atoms with E-state index in [9.17, 15) is 0 Å². The third kappa shape index (κ3) is 3.84. The molecule has 0 radical (unpaired) electrons. The predicted molar refractivity (Wildman–Crippen MR) is 79.2 cm³/mol. The van der Waals surface area contributed by atoms with Gasteiger partial charge in [-0.25, -0.2) is 4.98 Å². The van der Waals surface area contributed by atoms with Crippen molar-refractivity contribution in [2.75, 3.05) is 25.0 Å². The van der Waals surface area contributed by atoms with Crippen LogP contribution in [-0.2, 0) is 6.54 Å². The third-order valence-corrected chi connectivity index (χ3v) is 2.92. The molecule has 0 aliphatic heterocycles. The largest absolute Gasteiger partial charge is 0.353 e. The Hall–Kier alpha value is -1.35. The zero-order chi connectivity index (χ0) is 13.5. The third-order valence-electron chi connectivity index (χ3n) is 2.92. The fourth-order valence-corrected chi connectivity index (χ4v) is 1.90. The van der Waals surface area contributed by atoms with Gasteiger partial charge in [0.05, 0.1) is 0 Å². The summed E-state index contributed by atoms with van der Waals surface area (Å²) in [7, 11) is 1.97. The van der Waals surface area contributed by atoms with Gasteiger partial charge >= 0.3 is 0 Å². The van der Waals surface area contributed by atoms with Crippen LogP contribution in [0.15, 0.2) is 24.8 Å². The smallest absolute Gasteiger partial charge is 0.129 e. The molecule has 1 rings (SSSR count). The molecule has 18 heavy (non-hydrogen) atoms. The van der Waals surface area contributed by atoms with Crippen molar-refractivity contribution in [2.45, 2.75) is 33.2 Å². The molecule has 0 fully saturated rings. The molecule has 0 aliphatic carbocycles. The number of anilines is 1. The van der Waals surface area contributed by atoms with Crippen molar-refractivity contribution < 1.29 is 0 Å². The number of hydrogen-bond acceptors (Lipinski definition) is 3. The summed E-state index contributed by atoms with van der Waals surface area (Å²) in [4.78, 5) is 6.99. The maximum absolute atomic E-state index is 4.76. The van der Waals surface area contributed by atoms with E-state index in [1.54, 1.807) is 0 Å². The lowest BCUT2D eigenvalue weighted by molar-refractivity contribution is 0.775. The van der Waals surface area contributed by atoms with E-state index in [0.29, 0.717) is 5.92 Å². The summed E-state index contributed by atoms with van der Waals surface area (Å²) in [5, 5.41) is 3.20. The second-order valence-corrected chi connectivity index (χ2v) is 4.77. The molecule has 0 spiro atoms. The van der Waals surface area contributed by atoms with Gasteiger partial charge in [-0.05, 0) is 37.6 Å².